The van der Waals surface area contributed by atoms with E-state index in [1.54, 1.807) is 56.4 Å². The number of hydrogen-bond acceptors (Lipinski definition) is 6. The molecule has 2 amide bonds. The van der Waals surface area contributed by atoms with E-state index < -0.39 is 17.6 Å². The molecule has 0 atom stereocenters. The van der Waals surface area contributed by atoms with Gasteiger partial charge in [-0.1, -0.05) is 6.07 Å². The highest BCUT2D eigenvalue weighted by molar-refractivity contribution is 6.04. The number of fused-ring (bicyclic) bond motifs is 1. The Balaban J connectivity index is 1.27. The molecule has 0 spiro atoms. The lowest BCUT2D eigenvalue weighted by Gasteiger charge is -2.08. The Hall–Kier alpha value is -5.20. The summed E-state index contributed by atoms with van der Waals surface area (Å²) in [5.41, 5.74) is 1.24. The van der Waals surface area contributed by atoms with Gasteiger partial charge in [-0.2, -0.15) is 18.3 Å². The van der Waals surface area contributed by atoms with E-state index in [-0.39, 0.29) is 23.2 Å². The summed E-state index contributed by atoms with van der Waals surface area (Å²) >= 11 is 0. The second kappa shape index (κ2) is 9.93. The fourth-order valence-corrected chi connectivity index (χ4v) is 3.75. The van der Waals surface area contributed by atoms with E-state index in [4.69, 9.17) is 4.74 Å². The predicted molar refractivity (Wildman–Crippen MR) is 135 cm³/mol. The maximum atomic E-state index is 12.8. The third-order valence-corrected chi connectivity index (χ3v) is 5.56. The highest BCUT2D eigenvalue weighted by atomic mass is 19.4. The minimum Gasteiger partial charge on any atom is -0.438 e. The van der Waals surface area contributed by atoms with Crippen LogP contribution < -0.4 is 15.4 Å². The molecule has 2 N–H and O–H groups in total. The number of carbonyl (C=O) groups is 2. The van der Waals surface area contributed by atoms with E-state index >= 15 is 0 Å². The minimum atomic E-state index is -4.49. The number of imidazole rings is 1. The summed E-state index contributed by atoms with van der Waals surface area (Å²) in [4.78, 5) is 29.3. The van der Waals surface area contributed by atoms with Crippen molar-refractivity contribution >= 4 is 29.0 Å². The van der Waals surface area contributed by atoms with Crippen LogP contribution in [0.3, 0.4) is 0 Å². The number of ether oxygens (including phenoxy) is 1. The van der Waals surface area contributed by atoms with E-state index in [1.807, 2.05) is 0 Å². The van der Waals surface area contributed by atoms with Crippen molar-refractivity contribution in [1.29, 1.82) is 0 Å². The smallest absolute Gasteiger partial charge is 0.416 e. The molecule has 3 heterocycles. The van der Waals surface area contributed by atoms with Crippen LogP contribution in [0.25, 0.3) is 5.65 Å². The number of rotatable bonds is 6. The lowest BCUT2D eigenvalue weighted by atomic mass is 10.1. The van der Waals surface area contributed by atoms with Gasteiger partial charge in [0.15, 0.2) is 11.5 Å². The molecule has 0 saturated carbocycles. The maximum Gasteiger partial charge on any atom is 0.416 e. The highest BCUT2D eigenvalue weighted by Gasteiger charge is 2.30. The monoisotopic (exact) mass is 535 g/mol. The second-order valence-electron chi connectivity index (χ2n) is 8.51. The van der Waals surface area contributed by atoms with Gasteiger partial charge in [0.2, 0.25) is 5.88 Å². The van der Waals surface area contributed by atoms with Crippen LogP contribution in [-0.2, 0) is 13.2 Å². The zero-order valence-electron chi connectivity index (χ0n) is 20.5. The predicted octanol–water partition coefficient (Wildman–Crippen LogP) is 5.09. The van der Waals surface area contributed by atoms with E-state index in [2.05, 4.69) is 25.8 Å². The Labute approximate surface area is 219 Å². The van der Waals surface area contributed by atoms with Crippen molar-refractivity contribution in [2.75, 3.05) is 10.6 Å². The molecule has 13 heteroatoms. The molecular weight excluding hydrogens is 515 g/mol. The first-order chi connectivity index (χ1) is 18.5. The van der Waals surface area contributed by atoms with Gasteiger partial charge in [-0.05, 0) is 55.5 Å². The number of benzene rings is 2. The summed E-state index contributed by atoms with van der Waals surface area (Å²) < 4.78 is 47.0. The molecule has 0 fully saturated rings. The van der Waals surface area contributed by atoms with Crippen LogP contribution in [0.4, 0.5) is 24.7 Å². The summed E-state index contributed by atoms with van der Waals surface area (Å²) in [6.45, 7) is 1.80. The van der Waals surface area contributed by atoms with Gasteiger partial charge in [-0.3, -0.25) is 14.3 Å². The summed E-state index contributed by atoms with van der Waals surface area (Å²) in [5.74, 6) is -0.162. The highest BCUT2D eigenvalue weighted by Crippen LogP contribution is 2.29. The third-order valence-electron chi connectivity index (χ3n) is 5.56. The molecule has 5 rings (SSSR count). The number of anilines is 2. The maximum absolute atomic E-state index is 12.8. The fourth-order valence-electron chi connectivity index (χ4n) is 3.75. The minimum absolute atomic E-state index is 0.0440. The van der Waals surface area contributed by atoms with Gasteiger partial charge in [-0.25, -0.2) is 9.50 Å². The van der Waals surface area contributed by atoms with Crippen molar-refractivity contribution in [3.05, 3.63) is 95.4 Å². The Morgan fingerprint density at radius 1 is 0.923 bits per heavy atom. The molecule has 0 unspecified atom stereocenters. The van der Waals surface area contributed by atoms with Crippen LogP contribution in [0.5, 0.6) is 11.6 Å². The Morgan fingerprint density at radius 3 is 2.38 bits per heavy atom. The zero-order valence-corrected chi connectivity index (χ0v) is 20.5. The van der Waals surface area contributed by atoms with Crippen LogP contribution in [0.1, 0.15) is 32.1 Å². The first kappa shape index (κ1) is 25.4. The Bertz CT molecular complexity index is 1690. The van der Waals surface area contributed by atoms with E-state index in [0.717, 1.165) is 30.0 Å². The van der Waals surface area contributed by atoms with Gasteiger partial charge >= 0.3 is 6.18 Å². The quantitative estimate of drug-likeness (QED) is 0.313. The standard InChI is InChI=1S/C26H20F3N7O3/c1-15-12-20(35(2)33-15)25(38)30-18-4-3-5-19(13-18)39-23-11-10-22-31-21(14-36(22)34-23)32-24(37)16-6-8-17(9-7-16)26(27,28)29/h3-14H,1-2H3,(H,30,38)(H,32,37). The molecule has 2 aromatic carbocycles. The number of hydrogen-bond donors (Lipinski definition) is 2. The van der Waals surface area contributed by atoms with Crippen LogP contribution in [-0.4, -0.2) is 36.2 Å². The van der Waals surface area contributed by atoms with Gasteiger partial charge in [0.25, 0.3) is 11.8 Å². The third kappa shape index (κ3) is 5.71. The average Bonchev–Trinajstić information content (AvgIpc) is 3.44. The normalized spacial score (nSPS) is 11.4. The first-order valence-electron chi connectivity index (χ1n) is 11.5. The summed E-state index contributed by atoms with van der Waals surface area (Å²) in [6, 6.07) is 15.5. The molecule has 0 aliphatic heterocycles. The summed E-state index contributed by atoms with van der Waals surface area (Å²) in [5, 5.41) is 13.8. The summed E-state index contributed by atoms with van der Waals surface area (Å²) in [7, 11) is 1.69. The van der Waals surface area contributed by atoms with Crippen molar-refractivity contribution in [1.82, 2.24) is 24.4 Å². The van der Waals surface area contributed by atoms with E-state index in [9.17, 15) is 22.8 Å². The molecular formula is C26H20F3N7O3. The number of aryl methyl sites for hydroxylation is 2. The lowest BCUT2D eigenvalue weighted by Crippen LogP contribution is -2.16. The van der Waals surface area contributed by atoms with Crippen LogP contribution in [0.2, 0.25) is 0 Å². The molecule has 39 heavy (non-hydrogen) atoms. The second-order valence-corrected chi connectivity index (χ2v) is 8.51. The van der Waals surface area contributed by atoms with Crippen LogP contribution in [0.15, 0.2) is 72.9 Å². The SMILES string of the molecule is Cc1cc(C(=O)Nc2cccc(Oc3ccc4nc(NC(=O)c5ccc(C(F)(F)F)cc5)cn4n3)c2)n(C)n1. The number of carbonyl (C=O) groups excluding carboxylic acids is 2. The fraction of sp³-hybridized carbons (Fsp3) is 0.115. The number of halogens is 3. The number of nitrogens with one attached hydrogen (secondary N) is 2. The Morgan fingerprint density at radius 2 is 1.69 bits per heavy atom. The van der Waals surface area contributed by atoms with E-state index in [0.29, 0.717) is 22.8 Å². The first-order valence-corrected chi connectivity index (χ1v) is 11.5. The van der Waals surface area contributed by atoms with Gasteiger partial charge in [0.1, 0.15) is 11.4 Å². The van der Waals surface area contributed by atoms with Gasteiger partial charge < -0.3 is 15.4 Å². The summed E-state index contributed by atoms with van der Waals surface area (Å²) in [6.07, 6.45) is -3.05. The van der Waals surface area contributed by atoms with Crippen molar-refractivity contribution in [2.24, 2.45) is 7.05 Å². The van der Waals surface area contributed by atoms with Crippen molar-refractivity contribution in [3.63, 3.8) is 0 Å². The van der Waals surface area contributed by atoms with Gasteiger partial charge in [0.05, 0.1) is 17.5 Å². The van der Waals surface area contributed by atoms with E-state index in [1.165, 1.54) is 15.4 Å². The van der Waals surface area contributed by atoms with Crippen molar-refractivity contribution in [3.8, 4) is 11.6 Å². The average molecular weight is 535 g/mol. The number of amides is 2. The zero-order chi connectivity index (χ0) is 27.7. The Kier molecular flexibility index (Phi) is 6.48. The molecule has 198 valence electrons. The lowest BCUT2D eigenvalue weighted by molar-refractivity contribution is -0.137. The topological polar surface area (TPSA) is 115 Å². The molecule has 3 aromatic heterocycles. The molecule has 0 bridgehead atoms. The molecule has 0 aliphatic rings. The largest absolute Gasteiger partial charge is 0.438 e. The molecule has 5 aromatic rings. The van der Waals surface area contributed by atoms with Crippen molar-refractivity contribution < 1.29 is 27.5 Å². The van der Waals surface area contributed by atoms with Crippen molar-refractivity contribution in [2.45, 2.75) is 13.1 Å². The number of aromatic nitrogens is 5. The van der Waals surface area contributed by atoms with Crippen LogP contribution in [0, 0.1) is 6.92 Å². The number of alkyl halides is 3. The molecule has 0 saturated heterocycles. The van der Waals surface area contributed by atoms with Gasteiger partial charge in [-0.15, -0.1) is 5.10 Å². The van der Waals surface area contributed by atoms with Gasteiger partial charge in [0, 0.05) is 30.4 Å². The van der Waals surface area contributed by atoms with Crippen LogP contribution >= 0.6 is 0 Å². The molecule has 10 nitrogen and oxygen atoms in total. The molecule has 0 radical (unpaired) electrons. The molecule has 0 aliphatic carbocycles. The number of nitrogens with zero attached hydrogens (tertiary/aromatic N) is 5.